The molecular weight excluding hydrogens is 212 g/mol. The van der Waals surface area contributed by atoms with Gasteiger partial charge < -0.3 is 0 Å². The second kappa shape index (κ2) is 4.49. The molecule has 2 aromatic rings. The Balaban J connectivity index is 2.20. The van der Waals surface area contributed by atoms with Crippen LogP contribution in [0.5, 0.6) is 0 Å². The molecule has 1 aromatic heterocycles. The van der Waals surface area contributed by atoms with Gasteiger partial charge in [0.25, 0.3) is 0 Å². The molecule has 0 N–H and O–H groups in total. The number of aliphatic imine (C=N–C) groups is 1. The molecule has 1 heterocycles. The average Bonchev–Trinajstić information content (AvgIpc) is 2.75. The van der Waals surface area contributed by atoms with E-state index < -0.39 is 0 Å². The zero-order chi connectivity index (χ0) is 12.3. The van der Waals surface area contributed by atoms with Crippen LogP contribution in [0, 0.1) is 0 Å². The van der Waals surface area contributed by atoms with Crippen LogP contribution in [0.2, 0.25) is 0 Å². The highest BCUT2D eigenvalue weighted by Crippen LogP contribution is 2.07. The maximum absolute atomic E-state index is 4.39. The van der Waals surface area contributed by atoms with Crippen LogP contribution in [0.25, 0.3) is 5.69 Å². The monoisotopic (exact) mass is 228 g/mol. The third-order valence-electron chi connectivity index (χ3n) is 2.12. The molecular formula is C13H16N4. The Morgan fingerprint density at radius 3 is 2.53 bits per heavy atom. The highest BCUT2D eigenvalue weighted by atomic mass is 15.4. The summed E-state index contributed by atoms with van der Waals surface area (Å²) in [4.78, 5) is 4.39. The normalized spacial score (nSPS) is 12.2. The van der Waals surface area contributed by atoms with Crippen LogP contribution in [0.1, 0.15) is 26.5 Å². The molecule has 0 aliphatic heterocycles. The molecule has 1 aromatic carbocycles. The molecule has 0 atom stereocenters. The van der Waals surface area contributed by atoms with Gasteiger partial charge in [0.15, 0.2) is 0 Å². The van der Waals surface area contributed by atoms with Crippen molar-refractivity contribution in [3.8, 4) is 5.69 Å². The summed E-state index contributed by atoms with van der Waals surface area (Å²) in [5.74, 6) is 0. The zero-order valence-electron chi connectivity index (χ0n) is 10.3. The Bertz CT molecular complexity index is 506. The molecule has 2 rings (SSSR count). The summed E-state index contributed by atoms with van der Waals surface area (Å²) in [5, 5.41) is 8.12. The Hall–Kier alpha value is -1.97. The number of para-hydroxylation sites is 1. The summed E-state index contributed by atoms with van der Waals surface area (Å²) in [5.41, 5.74) is 1.68. The lowest BCUT2D eigenvalue weighted by Gasteiger charge is -2.09. The van der Waals surface area contributed by atoms with Gasteiger partial charge in [0, 0.05) is 0 Å². The van der Waals surface area contributed by atoms with Crippen LogP contribution in [0.3, 0.4) is 0 Å². The summed E-state index contributed by atoms with van der Waals surface area (Å²) < 4.78 is 1.74. The quantitative estimate of drug-likeness (QED) is 0.741. The van der Waals surface area contributed by atoms with Crippen molar-refractivity contribution in [3.05, 3.63) is 42.2 Å². The molecule has 0 aliphatic carbocycles. The van der Waals surface area contributed by atoms with E-state index in [1.54, 1.807) is 10.9 Å². The largest absolute Gasteiger partial charge is 0.285 e. The van der Waals surface area contributed by atoms with Crippen molar-refractivity contribution in [2.24, 2.45) is 4.99 Å². The third kappa shape index (κ3) is 3.24. The molecule has 0 amide bonds. The topological polar surface area (TPSA) is 43.1 Å². The van der Waals surface area contributed by atoms with E-state index in [-0.39, 0.29) is 5.54 Å². The third-order valence-corrected chi connectivity index (χ3v) is 2.12. The molecule has 0 unspecified atom stereocenters. The molecule has 4 heteroatoms. The number of rotatable bonds is 2. The first-order valence-corrected chi connectivity index (χ1v) is 5.58. The van der Waals surface area contributed by atoms with E-state index in [4.69, 9.17) is 0 Å². The summed E-state index contributed by atoms with van der Waals surface area (Å²) in [6, 6.07) is 9.89. The van der Waals surface area contributed by atoms with Gasteiger partial charge in [-0.2, -0.15) is 0 Å². The van der Waals surface area contributed by atoms with Gasteiger partial charge in [0.2, 0.25) is 0 Å². The van der Waals surface area contributed by atoms with E-state index in [0.717, 1.165) is 11.4 Å². The highest BCUT2D eigenvalue weighted by Gasteiger charge is 2.06. The van der Waals surface area contributed by atoms with Crippen LogP contribution in [0.15, 0.2) is 41.5 Å². The Labute approximate surface area is 101 Å². The smallest absolute Gasteiger partial charge is 0.124 e. The first kappa shape index (κ1) is 11.5. The van der Waals surface area contributed by atoms with Crippen LogP contribution in [0.4, 0.5) is 0 Å². The molecule has 0 aliphatic rings. The minimum absolute atomic E-state index is 0.0868. The van der Waals surface area contributed by atoms with Crippen molar-refractivity contribution < 1.29 is 0 Å². The van der Waals surface area contributed by atoms with Gasteiger partial charge in [-0.25, -0.2) is 4.68 Å². The Morgan fingerprint density at radius 2 is 1.88 bits per heavy atom. The van der Waals surface area contributed by atoms with Crippen molar-refractivity contribution in [3.63, 3.8) is 0 Å². The number of aromatic nitrogens is 3. The van der Waals surface area contributed by atoms with Crippen molar-refractivity contribution in [1.29, 1.82) is 0 Å². The number of hydrogen-bond acceptors (Lipinski definition) is 3. The standard InChI is InChI=1S/C13H16N4/c1-13(2,3)14-9-11-10-17(16-15-11)12-7-5-4-6-8-12/h4-10H,1-3H3. The molecule has 88 valence electrons. The van der Waals surface area contributed by atoms with Gasteiger partial charge in [-0.1, -0.05) is 23.4 Å². The van der Waals surface area contributed by atoms with E-state index in [9.17, 15) is 0 Å². The predicted molar refractivity (Wildman–Crippen MR) is 68.7 cm³/mol. The van der Waals surface area contributed by atoms with E-state index in [0.29, 0.717) is 0 Å². The van der Waals surface area contributed by atoms with Crippen LogP contribution >= 0.6 is 0 Å². The average molecular weight is 228 g/mol. The van der Waals surface area contributed by atoms with Gasteiger partial charge in [0.1, 0.15) is 5.69 Å². The number of nitrogens with zero attached hydrogens (tertiary/aromatic N) is 4. The minimum atomic E-state index is -0.0868. The lowest BCUT2D eigenvalue weighted by Crippen LogP contribution is -2.09. The van der Waals surface area contributed by atoms with Gasteiger partial charge in [-0.3, -0.25) is 4.99 Å². The lowest BCUT2D eigenvalue weighted by atomic mass is 10.1. The first-order chi connectivity index (χ1) is 8.04. The Morgan fingerprint density at radius 1 is 1.18 bits per heavy atom. The van der Waals surface area contributed by atoms with Crippen LogP contribution in [-0.4, -0.2) is 26.7 Å². The van der Waals surface area contributed by atoms with E-state index in [1.165, 1.54) is 0 Å². The summed E-state index contributed by atoms with van der Waals surface area (Å²) in [6.45, 7) is 6.14. The highest BCUT2D eigenvalue weighted by molar-refractivity contribution is 5.76. The van der Waals surface area contributed by atoms with Gasteiger partial charge >= 0.3 is 0 Å². The van der Waals surface area contributed by atoms with E-state index in [1.807, 2.05) is 57.3 Å². The van der Waals surface area contributed by atoms with Gasteiger partial charge in [-0.05, 0) is 32.9 Å². The maximum Gasteiger partial charge on any atom is 0.124 e. The molecule has 17 heavy (non-hydrogen) atoms. The molecule has 0 fully saturated rings. The number of benzene rings is 1. The van der Waals surface area contributed by atoms with E-state index in [2.05, 4.69) is 15.3 Å². The molecule has 0 saturated carbocycles. The fourth-order valence-corrected chi connectivity index (χ4v) is 1.30. The maximum atomic E-state index is 4.39. The Kier molecular flexibility index (Phi) is 3.04. The molecule has 0 radical (unpaired) electrons. The lowest BCUT2D eigenvalue weighted by molar-refractivity contribution is 0.586. The van der Waals surface area contributed by atoms with Crippen LogP contribution < -0.4 is 0 Å². The van der Waals surface area contributed by atoms with E-state index >= 15 is 0 Å². The fourth-order valence-electron chi connectivity index (χ4n) is 1.30. The molecule has 4 nitrogen and oxygen atoms in total. The van der Waals surface area contributed by atoms with Crippen molar-refractivity contribution in [2.45, 2.75) is 26.3 Å². The first-order valence-electron chi connectivity index (χ1n) is 5.58. The SMILES string of the molecule is CC(C)(C)N=Cc1cn(-c2ccccc2)nn1. The summed E-state index contributed by atoms with van der Waals surface area (Å²) >= 11 is 0. The zero-order valence-corrected chi connectivity index (χ0v) is 10.3. The van der Waals surface area contributed by atoms with Gasteiger partial charge in [0.05, 0.1) is 23.6 Å². The van der Waals surface area contributed by atoms with Crippen molar-refractivity contribution in [1.82, 2.24) is 15.0 Å². The molecule has 0 spiro atoms. The summed E-state index contributed by atoms with van der Waals surface area (Å²) in [7, 11) is 0. The molecule has 0 bridgehead atoms. The molecule has 0 saturated heterocycles. The number of hydrogen-bond donors (Lipinski definition) is 0. The van der Waals surface area contributed by atoms with Crippen molar-refractivity contribution >= 4 is 6.21 Å². The minimum Gasteiger partial charge on any atom is -0.285 e. The second-order valence-corrected chi connectivity index (χ2v) is 4.85. The second-order valence-electron chi connectivity index (χ2n) is 4.85. The van der Waals surface area contributed by atoms with Crippen molar-refractivity contribution in [2.75, 3.05) is 0 Å². The summed E-state index contributed by atoms with van der Waals surface area (Å²) in [6.07, 6.45) is 3.62. The van der Waals surface area contributed by atoms with Gasteiger partial charge in [-0.15, -0.1) is 5.10 Å². The van der Waals surface area contributed by atoms with Crippen LogP contribution in [-0.2, 0) is 0 Å². The predicted octanol–water partition coefficient (Wildman–Crippen LogP) is 2.48. The fraction of sp³-hybridized carbons (Fsp3) is 0.308.